The minimum Gasteiger partial charge on any atom is -0.286 e. The zero-order valence-corrected chi connectivity index (χ0v) is 17.0. The van der Waals surface area contributed by atoms with Gasteiger partial charge in [0.25, 0.3) is 0 Å². The molecule has 22 heavy (non-hydrogen) atoms. The summed E-state index contributed by atoms with van der Waals surface area (Å²) in [6.45, 7) is 18.0. The van der Waals surface area contributed by atoms with Crippen molar-refractivity contribution >= 4 is 7.82 Å². The van der Waals surface area contributed by atoms with Gasteiger partial charge in [0, 0.05) is 0 Å². The second kappa shape index (κ2) is 8.28. The molecule has 0 saturated carbocycles. The normalized spacial score (nSPS) is 14.4. The molecule has 0 aromatic carbocycles. The molecule has 4 nitrogen and oxygen atoms in total. The Hall–Kier alpha value is 0.110. The summed E-state index contributed by atoms with van der Waals surface area (Å²) in [6, 6.07) is 0. The lowest BCUT2D eigenvalue weighted by Gasteiger charge is -2.34. The number of rotatable bonds is 9. The molecule has 0 rings (SSSR count). The smallest absolute Gasteiger partial charge is 0.286 e. The third-order valence-electron chi connectivity index (χ3n) is 3.05. The molecular weight excluding hydrogens is 299 g/mol. The fraction of sp³-hybridized carbons (Fsp3) is 1.00. The Bertz CT molecular complexity index is 340. The summed E-state index contributed by atoms with van der Waals surface area (Å²) >= 11 is 0. The van der Waals surface area contributed by atoms with Crippen LogP contribution in [0.15, 0.2) is 0 Å². The van der Waals surface area contributed by atoms with Crippen molar-refractivity contribution in [3.05, 3.63) is 0 Å². The second-order valence-corrected chi connectivity index (χ2v) is 9.96. The first-order chi connectivity index (χ1) is 9.74. The van der Waals surface area contributed by atoms with Crippen LogP contribution in [0.2, 0.25) is 0 Å². The first kappa shape index (κ1) is 22.1. The van der Waals surface area contributed by atoms with Gasteiger partial charge in [-0.05, 0) is 59.8 Å². The molecule has 0 atom stereocenters. The van der Waals surface area contributed by atoms with E-state index in [0.29, 0.717) is 6.61 Å². The predicted octanol–water partition coefficient (Wildman–Crippen LogP) is 6.35. The van der Waals surface area contributed by atoms with Crippen LogP contribution in [-0.2, 0) is 18.1 Å². The van der Waals surface area contributed by atoms with E-state index in [-0.39, 0.29) is 5.41 Å². The van der Waals surface area contributed by atoms with Crippen molar-refractivity contribution in [3.63, 3.8) is 0 Å². The van der Waals surface area contributed by atoms with E-state index in [1.807, 2.05) is 41.5 Å². The van der Waals surface area contributed by atoms with Crippen LogP contribution >= 0.6 is 7.82 Å². The quantitative estimate of drug-likeness (QED) is 0.460. The fourth-order valence-corrected chi connectivity index (χ4v) is 4.41. The highest BCUT2D eigenvalue weighted by atomic mass is 31.2. The van der Waals surface area contributed by atoms with Gasteiger partial charge in [-0.1, -0.05) is 33.6 Å². The molecule has 0 aliphatic rings. The van der Waals surface area contributed by atoms with Crippen LogP contribution < -0.4 is 0 Å². The molecule has 0 aliphatic carbocycles. The van der Waals surface area contributed by atoms with Gasteiger partial charge in [-0.2, -0.15) is 0 Å². The van der Waals surface area contributed by atoms with Gasteiger partial charge < -0.3 is 0 Å². The van der Waals surface area contributed by atoms with Gasteiger partial charge in [-0.15, -0.1) is 0 Å². The Kier molecular flexibility index (Phi) is 8.32. The molecule has 5 heteroatoms. The minimum absolute atomic E-state index is 0.00164. The fourth-order valence-electron chi connectivity index (χ4n) is 2.45. The van der Waals surface area contributed by atoms with Gasteiger partial charge in [-0.3, -0.25) is 13.6 Å². The molecule has 0 unspecified atom stereocenters. The van der Waals surface area contributed by atoms with Gasteiger partial charge in [-0.25, -0.2) is 4.57 Å². The second-order valence-electron chi connectivity index (χ2n) is 8.44. The van der Waals surface area contributed by atoms with Gasteiger partial charge >= 0.3 is 7.82 Å². The van der Waals surface area contributed by atoms with E-state index < -0.39 is 19.0 Å². The van der Waals surface area contributed by atoms with E-state index >= 15 is 0 Å². The van der Waals surface area contributed by atoms with Crippen LogP contribution in [0.25, 0.3) is 0 Å². The largest absolute Gasteiger partial charge is 0.475 e. The Morgan fingerprint density at radius 1 is 0.773 bits per heavy atom. The molecule has 0 amide bonds. The van der Waals surface area contributed by atoms with E-state index in [1.165, 1.54) is 0 Å². The summed E-state index contributed by atoms with van der Waals surface area (Å²) in [4.78, 5) is 0. The average molecular weight is 336 g/mol. The summed E-state index contributed by atoms with van der Waals surface area (Å²) < 4.78 is 30.1. The molecule has 134 valence electrons. The maximum atomic E-state index is 13.0. The number of hydrogen-bond donors (Lipinski definition) is 0. The topological polar surface area (TPSA) is 44.8 Å². The van der Waals surface area contributed by atoms with Crippen LogP contribution in [0.4, 0.5) is 0 Å². The summed E-state index contributed by atoms with van der Waals surface area (Å²) in [6.07, 6.45) is 4.21. The standard InChI is InChI=1S/C17H37O4P/c1-10-12-17(9,13-11-2)14-19-22(18,20-15(3,4)5)21-16(6,7)8/h10-14H2,1-9H3. The minimum atomic E-state index is -3.61. The van der Waals surface area contributed by atoms with Crippen molar-refractivity contribution in [2.24, 2.45) is 5.41 Å². The zero-order valence-electron chi connectivity index (χ0n) is 16.1. The lowest BCUT2D eigenvalue weighted by atomic mass is 9.82. The molecule has 0 bridgehead atoms. The van der Waals surface area contributed by atoms with Crippen molar-refractivity contribution in [2.75, 3.05) is 6.61 Å². The lowest BCUT2D eigenvalue weighted by molar-refractivity contribution is -0.0109. The third-order valence-corrected chi connectivity index (χ3v) is 5.04. The van der Waals surface area contributed by atoms with Crippen molar-refractivity contribution < 1.29 is 18.1 Å². The van der Waals surface area contributed by atoms with E-state index in [9.17, 15) is 4.57 Å². The molecule has 0 fully saturated rings. The molecule has 0 aromatic heterocycles. The highest BCUT2D eigenvalue weighted by Gasteiger charge is 2.39. The van der Waals surface area contributed by atoms with Gasteiger partial charge in [0.2, 0.25) is 0 Å². The Labute approximate surface area is 137 Å². The number of phosphoric ester groups is 1. The molecule has 0 aromatic rings. The Balaban J connectivity index is 5.09. The van der Waals surface area contributed by atoms with Crippen LogP contribution in [0.1, 0.15) is 88.0 Å². The Morgan fingerprint density at radius 2 is 1.14 bits per heavy atom. The number of phosphoric acid groups is 1. The van der Waals surface area contributed by atoms with Crippen molar-refractivity contribution in [1.29, 1.82) is 0 Å². The molecular formula is C17H37O4P. The van der Waals surface area contributed by atoms with Crippen LogP contribution in [0.3, 0.4) is 0 Å². The summed E-state index contributed by atoms with van der Waals surface area (Å²) in [5.41, 5.74) is -1.18. The maximum Gasteiger partial charge on any atom is 0.475 e. The van der Waals surface area contributed by atoms with Gasteiger partial charge in [0.15, 0.2) is 0 Å². The monoisotopic (exact) mass is 336 g/mol. The third kappa shape index (κ3) is 9.99. The maximum absolute atomic E-state index is 13.0. The zero-order chi connectivity index (χ0) is 17.7. The molecule has 0 aliphatic heterocycles. The molecule has 0 saturated heterocycles. The van der Waals surface area contributed by atoms with E-state index in [1.54, 1.807) is 0 Å². The van der Waals surface area contributed by atoms with Crippen LogP contribution in [0, 0.1) is 5.41 Å². The first-order valence-electron chi connectivity index (χ1n) is 8.40. The predicted molar refractivity (Wildman–Crippen MR) is 93.2 cm³/mol. The first-order valence-corrected chi connectivity index (χ1v) is 9.86. The molecule has 0 radical (unpaired) electrons. The average Bonchev–Trinajstić information content (AvgIpc) is 2.22. The Morgan fingerprint density at radius 3 is 1.41 bits per heavy atom. The summed E-state index contributed by atoms with van der Waals surface area (Å²) in [7, 11) is -3.61. The van der Waals surface area contributed by atoms with Crippen molar-refractivity contribution in [3.8, 4) is 0 Å². The summed E-state index contributed by atoms with van der Waals surface area (Å²) in [5, 5.41) is 0. The molecule has 0 heterocycles. The van der Waals surface area contributed by atoms with Gasteiger partial charge in [0.1, 0.15) is 0 Å². The SMILES string of the molecule is CCCC(C)(CCC)COP(=O)(OC(C)(C)C)OC(C)(C)C. The molecule has 0 spiro atoms. The van der Waals surface area contributed by atoms with Gasteiger partial charge in [0.05, 0.1) is 17.8 Å². The van der Waals surface area contributed by atoms with Crippen molar-refractivity contribution in [1.82, 2.24) is 0 Å². The molecule has 0 N–H and O–H groups in total. The highest BCUT2D eigenvalue weighted by Crippen LogP contribution is 2.56. The van der Waals surface area contributed by atoms with Crippen LogP contribution in [-0.4, -0.2) is 17.8 Å². The highest BCUT2D eigenvalue weighted by molar-refractivity contribution is 7.48. The lowest BCUT2D eigenvalue weighted by Crippen LogP contribution is -2.28. The van der Waals surface area contributed by atoms with E-state index in [0.717, 1.165) is 25.7 Å². The van der Waals surface area contributed by atoms with Crippen molar-refractivity contribution in [2.45, 2.75) is 99.2 Å². The van der Waals surface area contributed by atoms with E-state index in [2.05, 4.69) is 20.8 Å². The summed E-state index contributed by atoms with van der Waals surface area (Å²) in [5.74, 6) is 0. The van der Waals surface area contributed by atoms with Crippen LogP contribution in [0.5, 0.6) is 0 Å². The number of hydrogen-bond acceptors (Lipinski definition) is 4. The van der Waals surface area contributed by atoms with E-state index in [4.69, 9.17) is 13.6 Å².